The molecule has 3 aromatic heterocycles. The van der Waals surface area contributed by atoms with Crippen LogP contribution in [0.4, 0.5) is 10.5 Å². The minimum atomic E-state index is -0.470. The molecule has 0 bridgehead atoms. The van der Waals surface area contributed by atoms with E-state index in [0.29, 0.717) is 13.1 Å². The molecule has 2 saturated heterocycles. The fourth-order valence-corrected chi connectivity index (χ4v) is 6.10. The Morgan fingerprint density at radius 1 is 0.909 bits per heavy atom. The molecule has 1 amide bonds. The van der Waals surface area contributed by atoms with Crippen LogP contribution in [0.15, 0.2) is 48.8 Å². The van der Waals surface area contributed by atoms with Crippen LogP contribution in [0.2, 0.25) is 0 Å². The second-order valence-corrected chi connectivity index (χ2v) is 13.1. The molecular weight excluding hydrogens is 551 g/mol. The molecule has 0 radical (unpaired) electrons. The first-order valence-corrected chi connectivity index (χ1v) is 15.6. The van der Waals surface area contributed by atoms with E-state index in [1.807, 2.05) is 40.1 Å². The average Bonchev–Trinajstić information content (AvgIpc) is 3.42. The van der Waals surface area contributed by atoms with Crippen molar-refractivity contribution in [2.75, 3.05) is 57.3 Å². The zero-order valence-electron chi connectivity index (χ0n) is 26.6. The molecule has 0 atom stereocenters. The number of aryl methyl sites for hydroxylation is 1. The number of aromatic nitrogens is 4. The molecule has 1 N–H and O–H groups in total. The molecule has 0 saturated carbocycles. The van der Waals surface area contributed by atoms with Crippen LogP contribution in [0.3, 0.4) is 0 Å². The summed E-state index contributed by atoms with van der Waals surface area (Å²) in [6.07, 6.45) is 3.63. The lowest BCUT2D eigenvalue weighted by Gasteiger charge is -2.36. The number of nitrogens with zero attached hydrogens (tertiary/aromatic N) is 7. The maximum atomic E-state index is 12.4. The van der Waals surface area contributed by atoms with E-state index in [9.17, 15) is 4.79 Å². The van der Waals surface area contributed by atoms with Crippen molar-refractivity contribution in [3.63, 3.8) is 0 Å². The summed E-state index contributed by atoms with van der Waals surface area (Å²) in [6, 6.07) is 12.9. The number of hydrogen-bond donors (Lipinski definition) is 1. The molecule has 0 spiro atoms. The van der Waals surface area contributed by atoms with E-state index < -0.39 is 5.60 Å². The van der Waals surface area contributed by atoms with Gasteiger partial charge in [0.1, 0.15) is 24.8 Å². The van der Waals surface area contributed by atoms with Gasteiger partial charge < -0.3 is 19.5 Å². The van der Waals surface area contributed by atoms with Crippen LogP contribution in [0, 0.1) is 6.92 Å². The number of pyridine rings is 2. The predicted octanol–water partition coefficient (Wildman–Crippen LogP) is 2.96. The lowest BCUT2D eigenvalue weighted by molar-refractivity contribution is 0.0139. The smallest absolute Gasteiger partial charge is 0.410 e. The highest BCUT2D eigenvalue weighted by Gasteiger charge is 2.26. The second kappa shape index (κ2) is 12.6. The van der Waals surface area contributed by atoms with Crippen LogP contribution < -0.4 is 10.4 Å². The van der Waals surface area contributed by atoms with Gasteiger partial charge in [0.05, 0.1) is 5.69 Å². The van der Waals surface area contributed by atoms with E-state index in [1.165, 1.54) is 16.8 Å². The molecule has 0 unspecified atom stereocenters. The topological polar surface area (TPSA) is 93.7 Å². The zero-order chi connectivity index (χ0) is 30.8. The van der Waals surface area contributed by atoms with Crippen molar-refractivity contribution in [3.05, 3.63) is 65.6 Å². The molecule has 2 fully saturated rings. The van der Waals surface area contributed by atoms with Gasteiger partial charge in [0.25, 0.3) is 0 Å². The summed E-state index contributed by atoms with van der Waals surface area (Å²) >= 11 is 0. The molecule has 0 aliphatic carbocycles. The largest absolute Gasteiger partial charge is 0.444 e. The van der Waals surface area contributed by atoms with E-state index >= 15 is 0 Å². The van der Waals surface area contributed by atoms with Gasteiger partial charge in [-0.15, -0.1) is 0 Å². The number of benzene rings is 1. The third kappa shape index (κ3) is 7.05. The highest BCUT2D eigenvalue weighted by atomic mass is 16.6. The minimum Gasteiger partial charge on any atom is -0.444 e. The quantitative estimate of drug-likeness (QED) is 0.341. The van der Waals surface area contributed by atoms with Gasteiger partial charge in [-0.1, -0.05) is 24.3 Å². The van der Waals surface area contributed by atoms with Gasteiger partial charge in [0.2, 0.25) is 0 Å². The molecule has 4 aromatic rings. The van der Waals surface area contributed by atoms with E-state index in [0.717, 1.165) is 86.1 Å². The summed E-state index contributed by atoms with van der Waals surface area (Å²) in [6.45, 7) is 16.5. The van der Waals surface area contributed by atoms with Crippen molar-refractivity contribution in [2.45, 2.75) is 46.4 Å². The van der Waals surface area contributed by atoms with Crippen LogP contribution in [0.1, 0.15) is 37.6 Å². The van der Waals surface area contributed by atoms with Crippen LogP contribution in [0.25, 0.3) is 22.6 Å². The number of H-pyrrole nitrogens is 1. The van der Waals surface area contributed by atoms with Crippen LogP contribution >= 0.6 is 0 Å². The number of amides is 1. The molecule has 2 aliphatic rings. The zero-order valence-corrected chi connectivity index (χ0v) is 26.6. The Bertz CT molecular complexity index is 1600. The third-order valence-electron chi connectivity index (χ3n) is 8.38. The van der Waals surface area contributed by atoms with Gasteiger partial charge in [-0.05, 0) is 56.4 Å². The van der Waals surface area contributed by atoms with Gasteiger partial charge in [0.15, 0.2) is 5.65 Å². The van der Waals surface area contributed by atoms with E-state index in [4.69, 9.17) is 9.72 Å². The molecule has 2 aliphatic heterocycles. The summed E-state index contributed by atoms with van der Waals surface area (Å²) in [4.78, 5) is 39.1. The average molecular weight is 595 g/mol. The number of carbonyl (C=O) groups excluding carboxylic acids is 1. The van der Waals surface area contributed by atoms with Crippen molar-refractivity contribution in [1.82, 2.24) is 34.6 Å². The Morgan fingerprint density at radius 2 is 1.57 bits per heavy atom. The fraction of sp³-hybridized carbons (Fsp3) is 0.455. The Labute approximate surface area is 260 Å². The number of fused-ring (bicyclic) bond motifs is 1. The standard InChI is InChI=1S/C33H43BN8O2/c1-23-19-25(9-10-35-23)22-40-11-15-41(16-12-40)29-27(34)20-36-31-28(29)37-30(38-31)26-7-5-24(6-8-26)21-39-13-17-42(18-14-39)32(43)44-33(2,3)4/h5-10,19-20H,11-18,21-22,34H2,1-4H3,(H,36,37,38). The van der Waals surface area contributed by atoms with E-state index in [1.54, 1.807) is 4.90 Å². The second-order valence-electron chi connectivity index (χ2n) is 13.1. The van der Waals surface area contributed by atoms with Crippen LogP contribution in [-0.2, 0) is 17.8 Å². The van der Waals surface area contributed by atoms with Crippen molar-refractivity contribution in [3.8, 4) is 11.4 Å². The summed E-state index contributed by atoms with van der Waals surface area (Å²) in [7, 11) is 2.13. The number of piperazine rings is 2. The highest BCUT2D eigenvalue weighted by Crippen LogP contribution is 2.27. The monoisotopic (exact) mass is 594 g/mol. The fourth-order valence-electron chi connectivity index (χ4n) is 6.10. The van der Waals surface area contributed by atoms with Crippen molar-refractivity contribution < 1.29 is 9.53 Å². The van der Waals surface area contributed by atoms with Gasteiger partial charge in [-0.3, -0.25) is 14.8 Å². The van der Waals surface area contributed by atoms with Gasteiger partial charge in [-0.2, -0.15) is 0 Å². The number of carbonyl (C=O) groups is 1. The third-order valence-corrected chi connectivity index (χ3v) is 8.38. The summed E-state index contributed by atoms with van der Waals surface area (Å²) in [5.74, 6) is 0.837. The van der Waals surface area contributed by atoms with Gasteiger partial charge in [-0.25, -0.2) is 14.8 Å². The Hall–Kier alpha value is -3.96. The number of ether oxygens (including phenoxy) is 1. The molecule has 10 nitrogen and oxygen atoms in total. The summed E-state index contributed by atoms with van der Waals surface area (Å²) < 4.78 is 5.53. The lowest BCUT2D eigenvalue weighted by Crippen LogP contribution is -2.49. The molecular formula is C33H43BN8O2. The van der Waals surface area contributed by atoms with Gasteiger partial charge in [0, 0.05) is 89.1 Å². The number of nitrogens with one attached hydrogen (secondary N) is 1. The van der Waals surface area contributed by atoms with Crippen molar-refractivity contribution in [2.24, 2.45) is 0 Å². The summed E-state index contributed by atoms with van der Waals surface area (Å²) in [5.41, 5.74) is 8.28. The van der Waals surface area contributed by atoms with Crippen molar-refractivity contribution >= 4 is 36.3 Å². The van der Waals surface area contributed by atoms with E-state index in [2.05, 4.69) is 73.9 Å². The van der Waals surface area contributed by atoms with Gasteiger partial charge >= 0.3 is 6.09 Å². The molecule has 230 valence electrons. The first-order chi connectivity index (χ1) is 21.1. The Kier molecular flexibility index (Phi) is 8.60. The first-order valence-electron chi connectivity index (χ1n) is 15.6. The number of rotatable bonds is 6. The highest BCUT2D eigenvalue weighted by molar-refractivity contribution is 6.37. The lowest BCUT2D eigenvalue weighted by atomic mass is 9.95. The predicted molar refractivity (Wildman–Crippen MR) is 177 cm³/mol. The Morgan fingerprint density at radius 3 is 2.23 bits per heavy atom. The normalized spacial score (nSPS) is 16.9. The SMILES string of the molecule is Bc1cnc2[nH]c(-c3ccc(CN4CCN(C(=O)OC(C)(C)C)CC4)cc3)nc2c1N1CCN(Cc2ccnc(C)c2)CC1. The number of imidazole rings is 1. The minimum absolute atomic E-state index is 0.224. The molecule has 11 heteroatoms. The molecule has 44 heavy (non-hydrogen) atoms. The Balaban J connectivity index is 1.08. The van der Waals surface area contributed by atoms with Crippen LogP contribution in [0.5, 0.6) is 0 Å². The molecule has 5 heterocycles. The summed E-state index contributed by atoms with van der Waals surface area (Å²) in [5, 5.41) is 0. The van der Waals surface area contributed by atoms with Crippen molar-refractivity contribution in [1.29, 1.82) is 0 Å². The first kappa shape index (κ1) is 30.1. The maximum Gasteiger partial charge on any atom is 0.410 e. The van der Waals surface area contributed by atoms with E-state index in [-0.39, 0.29) is 6.09 Å². The molecule has 1 aromatic carbocycles. The number of anilines is 1. The number of aromatic amines is 1. The maximum absolute atomic E-state index is 12.4. The molecule has 6 rings (SSSR count). The number of hydrogen-bond acceptors (Lipinski definition) is 8. The van der Waals surface area contributed by atoms with Crippen LogP contribution in [-0.4, -0.2) is 107 Å².